The Morgan fingerprint density at radius 2 is 2.14 bits per heavy atom. The number of aryl methyl sites for hydroxylation is 1. The molecule has 1 heterocycles. The van der Waals surface area contributed by atoms with E-state index in [0.717, 1.165) is 23.2 Å². The number of nitrogens with two attached hydrogens (primary N) is 1. The summed E-state index contributed by atoms with van der Waals surface area (Å²) < 4.78 is 5.49. The van der Waals surface area contributed by atoms with E-state index in [1.54, 1.807) is 7.11 Å². The van der Waals surface area contributed by atoms with Crippen molar-refractivity contribution in [1.82, 2.24) is 5.43 Å². The number of rotatable bonds is 5. The molecule has 0 amide bonds. The molecule has 0 aliphatic carbocycles. The molecule has 0 bridgehead atoms. The van der Waals surface area contributed by atoms with Crippen LogP contribution in [0.5, 0.6) is 5.75 Å². The summed E-state index contributed by atoms with van der Waals surface area (Å²) in [6.45, 7) is 6.74. The van der Waals surface area contributed by atoms with E-state index >= 15 is 0 Å². The number of nitrogens with one attached hydrogen (secondary N) is 1. The highest BCUT2D eigenvalue weighted by molar-refractivity contribution is 8.07. The average Bonchev–Trinajstić information content (AvgIpc) is 2.48. The fourth-order valence-electron chi connectivity index (χ4n) is 2.62. The van der Waals surface area contributed by atoms with Crippen LogP contribution < -0.4 is 16.0 Å². The number of hydrogen-bond acceptors (Lipinski definition) is 5. The molecule has 0 spiro atoms. The summed E-state index contributed by atoms with van der Waals surface area (Å²) in [7, 11) is 1.73. The van der Waals surface area contributed by atoms with Crippen molar-refractivity contribution in [2.75, 3.05) is 12.9 Å². The SMILES string of the molecule is COc1ccc(C)cc1CC(NN)C1CSC(C)C(C)S1. The molecular weight excluding hydrogens is 300 g/mol. The maximum absolute atomic E-state index is 5.85. The van der Waals surface area contributed by atoms with Crippen molar-refractivity contribution in [2.45, 2.75) is 49.0 Å². The van der Waals surface area contributed by atoms with E-state index in [1.807, 2.05) is 6.07 Å². The molecule has 0 aromatic heterocycles. The third kappa shape index (κ3) is 4.31. The van der Waals surface area contributed by atoms with E-state index in [1.165, 1.54) is 11.1 Å². The van der Waals surface area contributed by atoms with Crippen LogP contribution >= 0.6 is 23.5 Å². The molecule has 4 atom stereocenters. The van der Waals surface area contributed by atoms with Crippen LogP contribution in [0.2, 0.25) is 0 Å². The highest BCUT2D eigenvalue weighted by Crippen LogP contribution is 2.38. The second-order valence-electron chi connectivity index (χ2n) is 5.71. The fraction of sp³-hybridized carbons (Fsp3) is 0.625. The van der Waals surface area contributed by atoms with E-state index in [9.17, 15) is 0 Å². The quantitative estimate of drug-likeness (QED) is 0.643. The van der Waals surface area contributed by atoms with Crippen LogP contribution in [0.1, 0.15) is 25.0 Å². The van der Waals surface area contributed by atoms with Gasteiger partial charge in [0.15, 0.2) is 0 Å². The minimum atomic E-state index is 0.271. The fourth-order valence-corrected chi connectivity index (χ4v) is 5.73. The van der Waals surface area contributed by atoms with Gasteiger partial charge in [0.1, 0.15) is 5.75 Å². The summed E-state index contributed by atoms with van der Waals surface area (Å²) in [6, 6.07) is 6.61. The first kappa shape index (κ1) is 17.0. The van der Waals surface area contributed by atoms with E-state index in [0.29, 0.717) is 10.5 Å². The van der Waals surface area contributed by atoms with Gasteiger partial charge in [0.25, 0.3) is 0 Å². The van der Waals surface area contributed by atoms with E-state index in [-0.39, 0.29) is 6.04 Å². The summed E-state index contributed by atoms with van der Waals surface area (Å²) in [5, 5.41) is 1.93. The normalized spacial score (nSPS) is 27.4. The molecule has 0 saturated carbocycles. The van der Waals surface area contributed by atoms with Gasteiger partial charge in [-0.3, -0.25) is 11.3 Å². The highest BCUT2D eigenvalue weighted by atomic mass is 32.2. The van der Waals surface area contributed by atoms with Crippen LogP contribution in [-0.2, 0) is 6.42 Å². The number of benzene rings is 1. The van der Waals surface area contributed by atoms with E-state index in [2.05, 4.69) is 61.9 Å². The number of methoxy groups -OCH3 is 1. The van der Waals surface area contributed by atoms with Crippen LogP contribution in [0.25, 0.3) is 0 Å². The van der Waals surface area contributed by atoms with E-state index in [4.69, 9.17) is 10.6 Å². The summed E-state index contributed by atoms with van der Waals surface area (Å²) in [4.78, 5) is 0. The lowest BCUT2D eigenvalue weighted by Gasteiger charge is -2.35. The van der Waals surface area contributed by atoms with Gasteiger partial charge in [-0.05, 0) is 25.0 Å². The molecule has 3 nitrogen and oxygen atoms in total. The van der Waals surface area contributed by atoms with Crippen molar-refractivity contribution in [3.8, 4) is 5.75 Å². The van der Waals surface area contributed by atoms with Gasteiger partial charge in [-0.2, -0.15) is 23.5 Å². The van der Waals surface area contributed by atoms with Crippen molar-refractivity contribution in [3.05, 3.63) is 29.3 Å². The zero-order valence-electron chi connectivity index (χ0n) is 13.3. The molecule has 21 heavy (non-hydrogen) atoms. The van der Waals surface area contributed by atoms with Crippen molar-refractivity contribution in [3.63, 3.8) is 0 Å². The van der Waals surface area contributed by atoms with Gasteiger partial charge in [0, 0.05) is 27.5 Å². The molecule has 1 aromatic rings. The molecule has 1 saturated heterocycles. The topological polar surface area (TPSA) is 47.3 Å². The smallest absolute Gasteiger partial charge is 0.122 e. The van der Waals surface area contributed by atoms with Crippen LogP contribution in [0.15, 0.2) is 18.2 Å². The molecule has 1 aliphatic rings. The van der Waals surface area contributed by atoms with Gasteiger partial charge in [0.05, 0.1) is 7.11 Å². The van der Waals surface area contributed by atoms with Crippen LogP contribution in [0.3, 0.4) is 0 Å². The zero-order valence-corrected chi connectivity index (χ0v) is 14.9. The Labute approximate surface area is 136 Å². The summed E-state index contributed by atoms with van der Waals surface area (Å²) in [6.07, 6.45) is 0.903. The minimum Gasteiger partial charge on any atom is -0.496 e. The Morgan fingerprint density at radius 1 is 1.38 bits per heavy atom. The number of hydrazine groups is 1. The van der Waals surface area contributed by atoms with Crippen molar-refractivity contribution in [2.24, 2.45) is 5.84 Å². The number of ether oxygens (including phenoxy) is 1. The van der Waals surface area contributed by atoms with Gasteiger partial charge in [-0.15, -0.1) is 0 Å². The molecule has 1 aromatic carbocycles. The van der Waals surface area contributed by atoms with Crippen molar-refractivity contribution >= 4 is 23.5 Å². The maximum atomic E-state index is 5.85. The molecule has 4 unspecified atom stereocenters. The second-order valence-corrected chi connectivity index (χ2v) is 8.74. The third-order valence-electron chi connectivity index (χ3n) is 4.11. The summed E-state index contributed by atoms with van der Waals surface area (Å²) >= 11 is 4.11. The molecular formula is C16H26N2OS2. The number of thioether (sulfide) groups is 2. The molecule has 1 fully saturated rings. The second kappa shape index (κ2) is 7.77. The lowest BCUT2D eigenvalue weighted by atomic mass is 10.0. The average molecular weight is 327 g/mol. The lowest BCUT2D eigenvalue weighted by molar-refractivity contribution is 0.404. The first-order valence-corrected chi connectivity index (χ1v) is 9.41. The molecule has 3 N–H and O–H groups in total. The minimum absolute atomic E-state index is 0.271. The standard InChI is InChI=1S/C16H26N2OS2/c1-10-5-6-15(19-4)13(7-10)8-14(18-17)16-9-20-11(2)12(3)21-16/h5-7,11-12,14,16,18H,8-9,17H2,1-4H3. The zero-order chi connectivity index (χ0) is 15.4. The van der Waals surface area contributed by atoms with Gasteiger partial charge >= 0.3 is 0 Å². The molecule has 5 heteroatoms. The van der Waals surface area contributed by atoms with Crippen LogP contribution in [-0.4, -0.2) is 34.7 Å². The van der Waals surface area contributed by atoms with Crippen molar-refractivity contribution < 1.29 is 4.74 Å². The van der Waals surface area contributed by atoms with Gasteiger partial charge in [-0.25, -0.2) is 0 Å². The predicted octanol–water partition coefficient (Wildman–Crippen LogP) is 3.00. The van der Waals surface area contributed by atoms with Gasteiger partial charge < -0.3 is 4.74 Å². The molecule has 1 aliphatic heterocycles. The highest BCUT2D eigenvalue weighted by Gasteiger charge is 2.31. The maximum Gasteiger partial charge on any atom is 0.122 e. The lowest BCUT2D eigenvalue weighted by Crippen LogP contribution is -2.47. The first-order chi connectivity index (χ1) is 10.0. The van der Waals surface area contributed by atoms with Crippen LogP contribution in [0.4, 0.5) is 0 Å². The predicted molar refractivity (Wildman–Crippen MR) is 95.3 cm³/mol. The Kier molecular flexibility index (Phi) is 6.29. The monoisotopic (exact) mass is 326 g/mol. The van der Waals surface area contributed by atoms with Gasteiger partial charge in [0.2, 0.25) is 0 Å². The van der Waals surface area contributed by atoms with Crippen molar-refractivity contribution in [1.29, 1.82) is 0 Å². The largest absolute Gasteiger partial charge is 0.496 e. The summed E-state index contributed by atoms with van der Waals surface area (Å²) in [5.74, 6) is 7.95. The Hall–Kier alpha value is -0.360. The Balaban J connectivity index is 2.10. The Morgan fingerprint density at radius 3 is 2.76 bits per heavy atom. The van der Waals surface area contributed by atoms with Gasteiger partial charge in [-0.1, -0.05) is 31.5 Å². The summed E-state index contributed by atoms with van der Waals surface area (Å²) in [5.41, 5.74) is 5.53. The number of hydrogen-bond donors (Lipinski definition) is 2. The first-order valence-electron chi connectivity index (χ1n) is 7.41. The van der Waals surface area contributed by atoms with E-state index < -0.39 is 0 Å². The molecule has 2 rings (SSSR count). The van der Waals surface area contributed by atoms with Crippen LogP contribution in [0, 0.1) is 6.92 Å². The Bertz CT molecular complexity index is 470. The molecule has 118 valence electrons. The molecule has 0 radical (unpaired) electrons. The third-order valence-corrected chi connectivity index (χ3v) is 7.66.